The van der Waals surface area contributed by atoms with Gasteiger partial charge in [0, 0.05) is 0 Å². The fourth-order valence-corrected chi connectivity index (χ4v) is 4.10. The van der Waals surface area contributed by atoms with Crippen molar-refractivity contribution in [1.29, 1.82) is 0 Å². The van der Waals surface area contributed by atoms with Crippen molar-refractivity contribution in [1.82, 2.24) is 0 Å². The summed E-state index contributed by atoms with van der Waals surface area (Å²) in [5.41, 5.74) is 0.966. The first-order valence-electron chi connectivity index (χ1n) is 4.78. The van der Waals surface area contributed by atoms with Gasteiger partial charge in [-0.1, -0.05) is 20.3 Å². The van der Waals surface area contributed by atoms with Gasteiger partial charge in [-0.3, -0.25) is 0 Å². The Balaban J connectivity index is 1.80. The van der Waals surface area contributed by atoms with Crippen molar-refractivity contribution in [2.75, 3.05) is 0 Å². The topological polar surface area (TPSA) is 0 Å². The molecule has 10 heavy (non-hydrogen) atoms. The minimum Gasteiger partial charge on any atom is -0.0625 e. The Labute approximate surface area is 63.0 Å². The van der Waals surface area contributed by atoms with E-state index in [4.69, 9.17) is 0 Å². The van der Waals surface area contributed by atoms with Crippen LogP contribution >= 0.6 is 0 Å². The number of hydrogen-bond acceptors (Lipinski definition) is 0. The van der Waals surface area contributed by atoms with E-state index < -0.39 is 0 Å². The molecule has 0 aromatic carbocycles. The lowest BCUT2D eigenvalue weighted by molar-refractivity contribution is 0.332. The maximum Gasteiger partial charge on any atom is -0.0198 e. The molecule has 3 saturated carbocycles. The lowest BCUT2D eigenvalue weighted by Gasteiger charge is -2.15. The van der Waals surface area contributed by atoms with Crippen molar-refractivity contribution < 1.29 is 0 Å². The minimum atomic E-state index is 0.966. The largest absolute Gasteiger partial charge is 0.0625 e. The molecule has 0 saturated heterocycles. The molecule has 4 atom stereocenters. The van der Waals surface area contributed by atoms with E-state index in [1.165, 1.54) is 17.8 Å². The SMILES string of the molecule is CC(C)C1C2C3CCCC312. The Bertz CT molecular complexity index is 182. The van der Waals surface area contributed by atoms with E-state index in [0.29, 0.717) is 0 Å². The quantitative estimate of drug-likeness (QED) is 0.520. The van der Waals surface area contributed by atoms with Crippen LogP contribution in [0.2, 0.25) is 0 Å². The van der Waals surface area contributed by atoms with Crippen molar-refractivity contribution in [3.05, 3.63) is 0 Å². The van der Waals surface area contributed by atoms with Crippen molar-refractivity contribution in [3.8, 4) is 0 Å². The first-order valence-corrected chi connectivity index (χ1v) is 4.78. The molecule has 3 fully saturated rings. The zero-order chi connectivity index (χ0) is 6.93. The van der Waals surface area contributed by atoms with Gasteiger partial charge in [-0.25, -0.2) is 0 Å². The second kappa shape index (κ2) is 1.31. The van der Waals surface area contributed by atoms with Gasteiger partial charge in [0.15, 0.2) is 0 Å². The van der Waals surface area contributed by atoms with E-state index in [-0.39, 0.29) is 0 Å². The number of rotatable bonds is 1. The van der Waals surface area contributed by atoms with E-state index in [9.17, 15) is 0 Å². The second-order valence-corrected chi connectivity index (χ2v) is 4.91. The normalized spacial score (nSPS) is 62.1. The van der Waals surface area contributed by atoms with Crippen molar-refractivity contribution in [3.63, 3.8) is 0 Å². The highest BCUT2D eigenvalue weighted by Crippen LogP contribution is 2.91. The van der Waals surface area contributed by atoms with Crippen molar-refractivity contribution in [2.45, 2.75) is 33.1 Å². The van der Waals surface area contributed by atoms with Crippen LogP contribution in [-0.2, 0) is 0 Å². The third kappa shape index (κ3) is 0.360. The van der Waals surface area contributed by atoms with Gasteiger partial charge >= 0.3 is 0 Å². The molecule has 0 N–H and O–H groups in total. The summed E-state index contributed by atoms with van der Waals surface area (Å²) in [6.45, 7) is 4.81. The second-order valence-electron chi connectivity index (χ2n) is 4.91. The van der Waals surface area contributed by atoms with Gasteiger partial charge in [-0.05, 0) is 41.9 Å². The average Bonchev–Trinajstić information content (AvgIpc) is 2.62. The molecule has 0 nitrogen and oxygen atoms in total. The zero-order valence-electron chi connectivity index (χ0n) is 6.93. The Hall–Kier alpha value is 0. The third-order valence-electron chi connectivity index (χ3n) is 4.38. The molecule has 3 aliphatic carbocycles. The van der Waals surface area contributed by atoms with Gasteiger partial charge in [0.2, 0.25) is 0 Å². The van der Waals surface area contributed by atoms with Crippen molar-refractivity contribution in [2.24, 2.45) is 29.1 Å². The van der Waals surface area contributed by atoms with E-state index in [2.05, 4.69) is 13.8 Å². The lowest BCUT2D eigenvalue weighted by Crippen LogP contribution is -2.09. The predicted molar refractivity (Wildman–Crippen MR) is 41.6 cm³/mol. The monoisotopic (exact) mass is 136 g/mol. The molecule has 0 aliphatic heterocycles. The molecule has 0 aromatic heterocycles. The number of hydrogen-bond donors (Lipinski definition) is 0. The van der Waals surface area contributed by atoms with Crippen LogP contribution in [-0.4, -0.2) is 0 Å². The highest BCUT2D eigenvalue weighted by Gasteiger charge is 2.86. The van der Waals surface area contributed by atoms with Crippen LogP contribution in [0.25, 0.3) is 0 Å². The summed E-state index contributed by atoms with van der Waals surface area (Å²) in [6, 6.07) is 0. The summed E-state index contributed by atoms with van der Waals surface area (Å²) in [6.07, 6.45) is 4.71. The molecule has 0 heteroatoms. The van der Waals surface area contributed by atoms with Crippen LogP contribution in [0.4, 0.5) is 0 Å². The molecule has 3 aliphatic rings. The molecule has 56 valence electrons. The fourth-order valence-electron chi connectivity index (χ4n) is 4.10. The lowest BCUT2D eigenvalue weighted by atomic mass is 9.90. The predicted octanol–water partition coefficient (Wildman–Crippen LogP) is 2.69. The van der Waals surface area contributed by atoms with E-state index in [1.54, 1.807) is 19.3 Å². The van der Waals surface area contributed by atoms with Gasteiger partial charge < -0.3 is 0 Å². The first kappa shape index (κ1) is 5.62. The van der Waals surface area contributed by atoms with Gasteiger partial charge in [-0.15, -0.1) is 0 Å². The first-order chi connectivity index (χ1) is 4.78. The van der Waals surface area contributed by atoms with Crippen LogP contribution in [0.5, 0.6) is 0 Å². The Morgan fingerprint density at radius 1 is 1.40 bits per heavy atom. The number of fused-ring (bicyclic) bond motifs is 1. The molecule has 0 radical (unpaired) electrons. The smallest absolute Gasteiger partial charge is 0.0198 e. The summed E-state index contributed by atoms with van der Waals surface area (Å²) < 4.78 is 0. The molecule has 0 heterocycles. The van der Waals surface area contributed by atoms with Crippen LogP contribution in [0.1, 0.15) is 33.1 Å². The summed E-state index contributed by atoms with van der Waals surface area (Å²) in [7, 11) is 0. The summed E-state index contributed by atoms with van der Waals surface area (Å²) in [5, 5.41) is 0. The third-order valence-corrected chi connectivity index (χ3v) is 4.38. The minimum absolute atomic E-state index is 0.966. The Morgan fingerprint density at radius 3 is 2.70 bits per heavy atom. The van der Waals surface area contributed by atoms with Crippen LogP contribution in [0, 0.1) is 29.1 Å². The van der Waals surface area contributed by atoms with Crippen LogP contribution in [0.15, 0.2) is 0 Å². The highest BCUT2D eigenvalue weighted by molar-refractivity contribution is 5.33. The van der Waals surface area contributed by atoms with E-state index in [1.807, 2.05) is 0 Å². The van der Waals surface area contributed by atoms with Crippen LogP contribution in [0.3, 0.4) is 0 Å². The van der Waals surface area contributed by atoms with Gasteiger partial charge in [0.05, 0.1) is 0 Å². The highest BCUT2D eigenvalue weighted by atomic mass is 14.9. The summed E-state index contributed by atoms with van der Waals surface area (Å²) in [5.74, 6) is 4.60. The van der Waals surface area contributed by atoms with Gasteiger partial charge in [0.25, 0.3) is 0 Å². The fraction of sp³-hybridized carbons (Fsp3) is 1.00. The van der Waals surface area contributed by atoms with Gasteiger partial charge in [0.1, 0.15) is 0 Å². The van der Waals surface area contributed by atoms with E-state index >= 15 is 0 Å². The summed E-state index contributed by atoms with van der Waals surface area (Å²) >= 11 is 0. The standard InChI is InChI=1S/C10H16/c1-6(2)8-9-7-4-3-5-10(7,8)9/h6-9H,3-5H2,1-2H3. The Kier molecular flexibility index (Phi) is 0.735. The molecule has 0 amide bonds. The maximum atomic E-state index is 2.40. The summed E-state index contributed by atoms with van der Waals surface area (Å²) in [4.78, 5) is 0. The zero-order valence-corrected chi connectivity index (χ0v) is 6.93. The maximum absolute atomic E-state index is 2.40. The molecule has 0 bridgehead atoms. The molecular formula is C10H16. The van der Waals surface area contributed by atoms with E-state index in [0.717, 1.165) is 11.3 Å². The molecule has 4 unspecified atom stereocenters. The molecule has 1 spiro atoms. The molecular weight excluding hydrogens is 120 g/mol. The van der Waals surface area contributed by atoms with Crippen molar-refractivity contribution >= 4 is 0 Å². The average molecular weight is 136 g/mol. The van der Waals surface area contributed by atoms with Crippen LogP contribution < -0.4 is 0 Å². The molecule has 3 rings (SSSR count). The van der Waals surface area contributed by atoms with Gasteiger partial charge in [-0.2, -0.15) is 0 Å². The molecule has 0 aromatic rings. The Morgan fingerprint density at radius 2 is 2.20 bits per heavy atom.